The Bertz CT molecular complexity index is 3360. The highest BCUT2D eigenvalue weighted by molar-refractivity contribution is 7.85. The van der Waals surface area contributed by atoms with Gasteiger partial charge in [0.15, 0.2) is 47.9 Å². The molecule has 9 aromatic carbocycles. The maximum absolute atomic E-state index is 16.4. The van der Waals surface area contributed by atoms with Crippen LogP contribution in [0.4, 0.5) is 26.3 Å². The van der Waals surface area contributed by atoms with E-state index in [0.717, 1.165) is 0 Å². The van der Waals surface area contributed by atoms with Gasteiger partial charge in [0.1, 0.15) is 11.6 Å². The van der Waals surface area contributed by atoms with Gasteiger partial charge in [-0.2, -0.15) is 0 Å². The highest BCUT2D eigenvalue weighted by Gasteiger charge is 2.31. The van der Waals surface area contributed by atoms with Gasteiger partial charge >= 0.3 is 0 Å². The fourth-order valence-corrected chi connectivity index (χ4v) is 10.9. The largest absolute Gasteiger partial charge is 0.309 e. The van der Waals surface area contributed by atoms with Gasteiger partial charge in [-0.15, -0.1) is 0 Å². The van der Waals surface area contributed by atoms with Gasteiger partial charge in [-0.25, -0.2) is 41.3 Å². The summed E-state index contributed by atoms with van der Waals surface area (Å²) in [5, 5.41) is 2.52. The SMILES string of the molecule is O=P(c1ccccc1)(c1ccccc1)c1cccc(-c2ccc(-c3c(F)c(F)c(-c4ccc(-c5nc(-c6ccc(F)cc6)nc(-c6ccc(F)cc6)n5)c5ccccc45)c(F)c3F)cc2)c1. The molecule has 10 aromatic rings. The molecule has 1 aromatic heterocycles. The summed E-state index contributed by atoms with van der Waals surface area (Å²) in [6.45, 7) is 0. The molecule has 0 amide bonds. The molecule has 320 valence electrons. The van der Waals surface area contributed by atoms with E-state index in [9.17, 15) is 8.78 Å². The van der Waals surface area contributed by atoms with Gasteiger partial charge in [-0.1, -0.05) is 133 Å². The Hall–Kier alpha value is -7.94. The Labute approximate surface area is 375 Å². The molecule has 66 heavy (non-hydrogen) atoms. The lowest BCUT2D eigenvalue weighted by atomic mass is 9.91. The summed E-state index contributed by atoms with van der Waals surface area (Å²) in [6.07, 6.45) is 0. The average Bonchev–Trinajstić information content (AvgIpc) is 3.36. The number of fused-ring (bicyclic) bond motifs is 1. The van der Waals surface area contributed by atoms with Crippen LogP contribution in [0.2, 0.25) is 0 Å². The van der Waals surface area contributed by atoms with Crippen molar-refractivity contribution in [3.8, 4) is 67.5 Å². The van der Waals surface area contributed by atoms with Gasteiger partial charge in [-0.05, 0) is 93.7 Å². The van der Waals surface area contributed by atoms with Crippen molar-refractivity contribution in [1.82, 2.24) is 15.0 Å². The zero-order valence-corrected chi connectivity index (χ0v) is 35.3. The molecule has 0 N–H and O–H groups in total. The van der Waals surface area contributed by atoms with Crippen LogP contribution in [0.15, 0.2) is 194 Å². The Morgan fingerprint density at radius 2 is 0.727 bits per heavy atom. The van der Waals surface area contributed by atoms with E-state index in [2.05, 4.69) is 15.0 Å². The molecule has 0 aliphatic rings. The Kier molecular flexibility index (Phi) is 11.0. The molecule has 0 aliphatic heterocycles. The first-order chi connectivity index (χ1) is 32.1. The molecule has 0 saturated heterocycles. The lowest BCUT2D eigenvalue weighted by Gasteiger charge is -2.20. The minimum Gasteiger partial charge on any atom is -0.309 e. The van der Waals surface area contributed by atoms with E-state index < -0.39 is 53.2 Å². The van der Waals surface area contributed by atoms with Crippen molar-refractivity contribution >= 4 is 33.8 Å². The van der Waals surface area contributed by atoms with Crippen molar-refractivity contribution < 1.29 is 30.9 Å². The second-order valence-corrected chi connectivity index (χ2v) is 18.2. The quantitative estimate of drug-likeness (QED) is 0.0823. The Morgan fingerprint density at radius 1 is 0.318 bits per heavy atom. The molecule has 0 aliphatic carbocycles. The topological polar surface area (TPSA) is 55.7 Å². The van der Waals surface area contributed by atoms with E-state index in [1.807, 2.05) is 72.8 Å². The maximum Gasteiger partial charge on any atom is 0.171 e. The monoisotopic (exact) mass is 895 g/mol. The van der Waals surface area contributed by atoms with Crippen LogP contribution < -0.4 is 15.9 Å². The summed E-state index contributed by atoms with van der Waals surface area (Å²) in [5.41, 5.74) is 0.582. The highest BCUT2D eigenvalue weighted by atomic mass is 31.2. The first kappa shape index (κ1) is 42.0. The molecule has 0 radical (unpaired) electrons. The molecule has 1 heterocycles. The van der Waals surface area contributed by atoms with Crippen LogP contribution in [0.3, 0.4) is 0 Å². The molecular formula is C55H32F6N3OP. The molecule has 4 nitrogen and oxygen atoms in total. The van der Waals surface area contributed by atoms with Gasteiger partial charge in [0, 0.05) is 32.6 Å². The number of benzene rings is 9. The lowest BCUT2D eigenvalue weighted by molar-refractivity contribution is 0.463. The normalized spacial score (nSPS) is 11.5. The average molecular weight is 896 g/mol. The second kappa shape index (κ2) is 17.2. The molecule has 0 spiro atoms. The van der Waals surface area contributed by atoms with E-state index in [1.54, 1.807) is 48.5 Å². The molecule has 0 fully saturated rings. The van der Waals surface area contributed by atoms with Crippen molar-refractivity contribution in [2.24, 2.45) is 0 Å². The maximum atomic E-state index is 16.4. The van der Waals surface area contributed by atoms with Gasteiger partial charge in [0.25, 0.3) is 0 Å². The van der Waals surface area contributed by atoms with Gasteiger partial charge < -0.3 is 4.57 Å². The van der Waals surface area contributed by atoms with Gasteiger partial charge in [0.05, 0.1) is 11.1 Å². The molecule has 0 bridgehead atoms. The third kappa shape index (κ3) is 7.55. The molecule has 0 unspecified atom stereocenters. The summed E-state index contributed by atoms with van der Waals surface area (Å²) in [6, 6.07) is 51.9. The van der Waals surface area contributed by atoms with E-state index >= 15 is 22.1 Å². The minimum absolute atomic E-state index is 0.0996. The number of halogens is 6. The van der Waals surface area contributed by atoms with Crippen molar-refractivity contribution in [1.29, 1.82) is 0 Å². The highest BCUT2D eigenvalue weighted by Crippen LogP contribution is 2.44. The standard InChI is InChI=1S/C55H32F6N3OP/c56-38-26-22-35(23-27-38)53-62-54(36-24-28-39(57)29-25-36)64-55(63-53)46-31-30-45(43-16-7-8-17-44(43)46)48-51(60)49(58)47(50(59)52(48)61)34-20-18-33(19-21-34)37-10-9-15-42(32-37)66(65,40-11-3-1-4-12-40)41-13-5-2-6-14-41/h1-32H. The van der Waals surface area contributed by atoms with Crippen LogP contribution in [0.25, 0.3) is 78.3 Å². The van der Waals surface area contributed by atoms with E-state index in [1.165, 1.54) is 72.8 Å². The number of nitrogens with zero attached hydrogens (tertiary/aromatic N) is 3. The van der Waals surface area contributed by atoms with E-state index in [0.29, 0.717) is 49.1 Å². The fourth-order valence-electron chi connectivity index (χ4n) is 8.22. The summed E-state index contributed by atoms with van der Waals surface area (Å²) in [4.78, 5) is 13.9. The lowest BCUT2D eigenvalue weighted by Crippen LogP contribution is -2.25. The van der Waals surface area contributed by atoms with Crippen LogP contribution in [0, 0.1) is 34.9 Å². The van der Waals surface area contributed by atoms with E-state index in [-0.39, 0.29) is 34.0 Å². The molecular weight excluding hydrogens is 864 g/mol. The van der Waals surface area contributed by atoms with Crippen molar-refractivity contribution in [3.63, 3.8) is 0 Å². The zero-order chi connectivity index (χ0) is 45.5. The smallest absolute Gasteiger partial charge is 0.171 e. The summed E-state index contributed by atoms with van der Waals surface area (Å²) < 4.78 is 108. The Balaban J connectivity index is 1.03. The second-order valence-electron chi connectivity index (χ2n) is 15.4. The van der Waals surface area contributed by atoms with Crippen LogP contribution in [0.5, 0.6) is 0 Å². The van der Waals surface area contributed by atoms with Gasteiger partial charge in [-0.3, -0.25) is 0 Å². The Morgan fingerprint density at radius 3 is 1.26 bits per heavy atom. The number of hydrogen-bond donors (Lipinski definition) is 0. The third-order valence-corrected chi connectivity index (χ3v) is 14.6. The molecule has 0 saturated carbocycles. The van der Waals surface area contributed by atoms with Crippen LogP contribution in [0.1, 0.15) is 0 Å². The van der Waals surface area contributed by atoms with Crippen molar-refractivity contribution in [2.45, 2.75) is 0 Å². The number of aromatic nitrogens is 3. The number of hydrogen-bond acceptors (Lipinski definition) is 4. The third-order valence-electron chi connectivity index (χ3n) is 11.5. The molecule has 10 rings (SSSR count). The zero-order valence-electron chi connectivity index (χ0n) is 34.4. The first-order valence-corrected chi connectivity index (χ1v) is 22.4. The van der Waals surface area contributed by atoms with Crippen LogP contribution in [-0.2, 0) is 4.57 Å². The van der Waals surface area contributed by atoms with Crippen LogP contribution >= 0.6 is 7.14 Å². The fraction of sp³-hybridized carbons (Fsp3) is 0. The predicted molar refractivity (Wildman–Crippen MR) is 249 cm³/mol. The van der Waals surface area contributed by atoms with Crippen molar-refractivity contribution in [3.05, 3.63) is 229 Å². The minimum atomic E-state index is -3.31. The van der Waals surface area contributed by atoms with Crippen molar-refractivity contribution in [2.75, 3.05) is 0 Å². The predicted octanol–water partition coefficient (Wildman–Crippen LogP) is 13.5. The summed E-state index contributed by atoms with van der Waals surface area (Å²) >= 11 is 0. The van der Waals surface area contributed by atoms with Crippen LogP contribution in [-0.4, -0.2) is 15.0 Å². The molecule has 11 heteroatoms. The first-order valence-electron chi connectivity index (χ1n) is 20.7. The van der Waals surface area contributed by atoms with Gasteiger partial charge in [0.2, 0.25) is 0 Å². The summed E-state index contributed by atoms with van der Waals surface area (Å²) in [7, 11) is -3.31. The summed E-state index contributed by atoms with van der Waals surface area (Å²) in [5.74, 6) is -6.82. The number of rotatable bonds is 9. The molecule has 0 atom stereocenters. The van der Waals surface area contributed by atoms with E-state index in [4.69, 9.17) is 0 Å².